The van der Waals surface area contributed by atoms with Crippen molar-refractivity contribution in [1.82, 2.24) is 4.31 Å². The summed E-state index contributed by atoms with van der Waals surface area (Å²) in [6, 6.07) is 14.8. The number of amides is 2. The highest BCUT2D eigenvalue weighted by Crippen LogP contribution is 2.25. The molecule has 0 aliphatic carbocycles. The van der Waals surface area contributed by atoms with E-state index in [1.165, 1.54) is 12.1 Å². The summed E-state index contributed by atoms with van der Waals surface area (Å²) in [5, 5.41) is 2.71. The first kappa shape index (κ1) is 25.4. The van der Waals surface area contributed by atoms with Gasteiger partial charge in [-0.3, -0.25) is 4.79 Å². The van der Waals surface area contributed by atoms with Crippen molar-refractivity contribution < 1.29 is 22.7 Å². The van der Waals surface area contributed by atoms with Crippen molar-refractivity contribution in [1.29, 1.82) is 0 Å². The standard InChI is InChI=1S/C23H31N3O5S/c1-23(2,3)31-22(28)26(32(29,30)19-14-8-5-9-15-19)20(16-10-11-17-24)21(27)25-18-12-6-4-7-13-18/h4-9,12-15,20H,10-11,16-17,24H2,1-3H3,(H,25,27)/t20-/m1/s1. The Morgan fingerprint density at radius 2 is 1.56 bits per heavy atom. The fourth-order valence-corrected chi connectivity index (χ4v) is 4.49. The van der Waals surface area contributed by atoms with E-state index in [2.05, 4.69) is 5.32 Å². The zero-order valence-corrected chi connectivity index (χ0v) is 19.5. The fraction of sp³-hybridized carbons (Fsp3) is 0.391. The Bertz CT molecular complexity index is 989. The lowest BCUT2D eigenvalue weighted by Crippen LogP contribution is -2.51. The molecule has 1 atom stereocenters. The molecule has 32 heavy (non-hydrogen) atoms. The second kappa shape index (κ2) is 11.1. The number of carbonyl (C=O) groups is 2. The second-order valence-corrected chi connectivity index (χ2v) is 10.1. The number of hydrogen-bond acceptors (Lipinski definition) is 6. The Kier molecular flexibility index (Phi) is 8.80. The smallest absolute Gasteiger partial charge is 0.425 e. The quantitative estimate of drug-likeness (QED) is 0.549. The first-order chi connectivity index (χ1) is 15.1. The number of nitrogens with one attached hydrogen (secondary N) is 1. The predicted octanol–water partition coefficient (Wildman–Crippen LogP) is 3.75. The average Bonchev–Trinajstić information content (AvgIpc) is 2.73. The molecule has 0 bridgehead atoms. The molecule has 2 amide bonds. The number of para-hydroxylation sites is 1. The summed E-state index contributed by atoms with van der Waals surface area (Å²) in [7, 11) is -4.38. The van der Waals surface area contributed by atoms with Crippen LogP contribution in [0.2, 0.25) is 0 Å². The maximum atomic E-state index is 13.5. The van der Waals surface area contributed by atoms with Gasteiger partial charge in [-0.05, 0) is 70.8 Å². The summed E-state index contributed by atoms with van der Waals surface area (Å²) < 4.78 is 33.0. The lowest BCUT2D eigenvalue weighted by atomic mass is 10.1. The molecule has 2 rings (SSSR count). The molecule has 0 radical (unpaired) electrons. The van der Waals surface area contributed by atoms with Crippen molar-refractivity contribution in [3.63, 3.8) is 0 Å². The molecule has 0 spiro atoms. The lowest BCUT2D eigenvalue weighted by molar-refractivity contribution is -0.120. The van der Waals surface area contributed by atoms with Gasteiger partial charge >= 0.3 is 6.09 Å². The van der Waals surface area contributed by atoms with Crippen LogP contribution in [-0.4, -0.2) is 42.9 Å². The molecule has 2 aromatic carbocycles. The van der Waals surface area contributed by atoms with Crippen molar-refractivity contribution in [3.8, 4) is 0 Å². The topological polar surface area (TPSA) is 119 Å². The largest absolute Gasteiger partial charge is 0.443 e. The molecule has 8 nitrogen and oxygen atoms in total. The number of sulfonamides is 1. The van der Waals surface area contributed by atoms with E-state index in [0.717, 1.165) is 0 Å². The van der Waals surface area contributed by atoms with Gasteiger partial charge in [-0.1, -0.05) is 36.4 Å². The Balaban J connectivity index is 2.51. The number of unbranched alkanes of at least 4 members (excludes halogenated alkanes) is 1. The van der Waals surface area contributed by atoms with Gasteiger partial charge in [-0.15, -0.1) is 0 Å². The van der Waals surface area contributed by atoms with Gasteiger partial charge in [0.25, 0.3) is 10.0 Å². The lowest BCUT2D eigenvalue weighted by Gasteiger charge is -2.32. The van der Waals surface area contributed by atoms with Crippen LogP contribution in [0.25, 0.3) is 0 Å². The zero-order chi connectivity index (χ0) is 23.8. The van der Waals surface area contributed by atoms with Crippen molar-refractivity contribution in [2.24, 2.45) is 5.73 Å². The summed E-state index contributed by atoms with van der Waals surface area (Å²) in [6.45, 7) is 5.27. The van der Waals surface area contributed by atoms with Gasteiger partial charge < -0.3 is 15.8 Å². The van der Waals surface area contributed by atoms with Crippen LogP contribution in [0, 0.1) is 0 Å². The first-order valence-electron chi connectivity index (χ1n) is 10.4. The van der Waals surface area contributed by atoms with E-state index in [9.17, 15) is 18.0 Å². The van der Waals surface area contributed by atoms with Crippen LogP contribution in [0.3, 0.4) is 0 Å². The SMILES string of the molecule is CC(C)(C)OC(=O)N([C@H](CCCCN)C(=O)Nc1ccccc1)S(=O)(=O)c1ccccc1. The molecule has 0 aliphatic heterocycles. The first-order valence-corrected chi connectivity index (χ1v) is 11.9. The van der Waals surface area contributed by atoms with E-state index in [1.807, 2.05) is 0 Å². The third-order valence-corrected chi connectivity index (χ3v) is 6.22. The molecule has 0 aromatic heterocycles. The highest BCUT2D eigenvalue weighted by molar-refractivity contribution is 7.89. The Morgan fingerprint density at radius 3 is 2.09 bits per heavy atom. The minimum Gasteiger partial charge on any atom is -0.443 e. The molecular weight excluding hydrogens is 430 g/mol. The van der Waals surface area contributed by atoms with Crippen molar-refractivity contribution in [2.75, 3.05) is 11.9 Å². The monoisotopic (exact) mass is 461 g/mol. The second-order valence-electron chi connectivity index (χ2n) is 8.25. The molecule has 3 N–H and O–H groups in total. The van der Waals surface area contributed by atoms with E-state index in [4.69, 9.17) is 10.5 Å². The highest BCUT2D eigenvalue weighted by Gasteiger charge is 2.41. The van der Waals surface area contributed by atoms with Gasteiger partial charge in [-0.25, -0.2) is 13.2 Å². The van der Waals surface area contributed by atoms with E-state index in [0.29, 0.717) is 29.4 Å². The minimum absolute atomic E-state index is 0.0984. The maximum absolute atomic E-state index is 13.5. The van der Waals surface area contributed by atoms with E-state index in [1.54, 1.807) is 69.3 Å². The predicted molar refractivity (Wildman–Crippen MR) is 123 cm³/mol. The number of benzene rings is 2. The number of anilines is 1. The van der Waals surface area contributed by atoms with Crippen LogP contribution < -0.4 is 11.1 Å². The highest BCUT2D eigenvalue weighted by atomic mass is 32.2. The molecule has 0 aliphatic rings. The zero-order valence-electron chi connectivity index (χ0n) is 18.7. The fourth-order valence-electron chi connectivity index (χ4n) is 2.99. The molecular formula is C23H31N3O5S. The Hall–Kier alpha value is -2.91. The summed E-state index contributed by atoms with van der Waals surface area (Å²) in [5.74, 6) is -0.626. The third-order valence-electron chi connectivity index (χ3n) is 4.43. The Morgan fingerprint density at radius 1 is 1.00 bits per heavy atom. The van der Waals surface area contributed by atoms with Gasteiger partial charge in [0.15, 0.2) is 0 Å². The maximum Gasteiger partial charge on any atom is 0.425 e. The van der Waals surface area contributed by atoms with Crippen molar-refractivity contribution >= 4 is 27.7 Å². The normalized spacial score (nSPS) is 12.6. The van der Waals surface area contributed by atoms with Crippen LogP contribution in [0.5, 0.6) is 0 Å². The number of carbonyl (C=O) groups excluding carboxylic acids is 2. The summed E-state index contributed by atoms with van der Waals surface area (Å²) >= 11 is 0. The number of rotatable bonds is 9. The molecule has 174 valence electrons. The van der Waals surface area contributed by atoms with Crippen molar-refractivity contribution in [3.05, 3.63) is 60.7 Å². The molecule has 0 heterocycles. The number of ether oxygens (including phenoxy) is 1. The van der Waals surface area contributed by atoms with E-state index in [-0.39, 0.29) is 11.3 Å². The average molecular weight is 462 g/mol. The van der Waals surface area contributed by atoms with E-state index < -0.39 is 33.7 Å². The van der Waals surface area contributed by atoms with Crippen LogP contribution in [0.4, 0.5) is 10.5 Å². The molecule has 9 heteroatoms. The van der Waals surface area contributed by atoms with Crippen LogP contribution in [0.1, 0.15) is 40.0 Å². The summed E-state index contributed by atoms with van der Waals surface area (Å²) in [5.41, 5.74) is 5.12. The summed E-state index contributed by atoms with van der Waals surface area (Å²) in [4.78, 5) is 26.3. The van der Waals surface area contributed by atoms with Gasteiger partial charge in [0.05, 0.1) is 4.90 Å². The van der Waals surface area contributed by atoms with Crippen molar-refractivity contribution in [2.45, 2.75) is 56.6 Å². The molecule has 0 fully saturated rings. The molecule has 0 saturated heterocycles. The number of nitrogens with zero attached hydrogens (tertiary/aromatic N) is 1. The third kappa shape index (κ3) is 7.06. The molecule has 2 aromatic rings. The van der Waals surface area contributed by atoms with Gasteiger partial charge in [-0.2, -0.15) is 4.31 Å². The molecule has 0 unspecified atom stereocenters. The minimum atomic E-state index is -4.38. The number of hydrogen-bond donors (Lipinski definition) is 2. The van der Waals surface area contributed by atoms with Gasteiger partial charge in [0, 0.05) is 5.69 Å². The van der Waals surface area contributed by atoms with Gasteiger partial charge in [0.2, 0.25) is 5.91 Å². The van der Waals surface area contributed by atoms with Gasteiger partial charge in [0.1, 0.15) is 11.6 Å². The van der Waals surface area contributed by atoms with E-state index >= 15 is 0 Å². The summed E-state index contributed by atoms with van der Waals surface area (Å²) in [6.07, 6.45) is 0.0129. The molecule has 0 saturated carbocycles. The van der Waals surface area contributed by atoms with Crippen LogP contribution in [0.15, 0.2) is 65.6 Å². The number of nitrogens with two attached hydrogens (primary N) is 1. The van der Waals surface area contributed by atoms with Crippen LogP contribution in [-0.2, 0) is 19.6 Å². The Labute approximate surface area is 189 Å². The van der Waals surface area contributed by atoms with Crippen LogP contribution >= 0.6 is 0 Å².